The van der Waals surface area contributed by atoms with Gasteiger partial charge in [0.15, 0.2) is 0 Å². The molecule has 31 heavy (non-hydrogen) atoms. The number of ether oxygens (including phenoxy) is 1. The maximum absolute atomic E-state index is 12.6. The standard InChI is InChI=1S/C25H24N2O3S/c1-2-30-22-14-12-21(13-15-22)27-24(29)17-31-25(27)19-8-10-20(11-9-19)26-23(28)16-18-6-4-3-5-7-18/h3-15,25H,2,16-17H2,1H3,(H,26,28)/t25-/m1/s1. The summed E-state index contributed by atoms with van der Waals surface area (Å²) in [5.41, 5.74) is 3.59. The van der Waals surface area contributed by atoms with Crippen molar-refractivity contribution >= 4 is 35.0 Å². The van der Waals surface area contributed by atoms with Crippen molar-refractivity contribution in [3.05, 3.63) is 90.0 Å². The van der Waals surface area contributed by atoms with Gasteiger partial charge in [0.25, 0.3) is 0 Å². The molecule has 1 aliphatic rings. The van der Waals surface area contributed by atoms with Gasteiger partial charge in [-0.15, -0.1) is 11.8 Å². The zero-order chi connectivity index (χ0) is 21.6. The van der Waals surface area contributed by atoms with Gasteiger partial charge in [-0.2, -0.15) is 0 Å². The highest BCUT2D eigenvalue weighted by molar-refractivity contribution is 8.00. The fraction of sp³-hybridized carbons (Fsp3) is 0.200. The zero-order valence-electron chi connectivity index (χ0n) is 17.3. The molecule has 0 spiro atoms. The average molecular weight is 433 g/mol. The minimum absolute atomic E-state index is 0.0552. The van der Waals surface area contributed by atoms with Crippen LogP contribution in [-0.4, -0.2) is 24.2 Å². The van der Waals surface area contributed by atoms with E-state index in [0.29, 0.717) is 18.8 Å². The molecule has 1 saturated heterocycles. The van der Waals surface area contributed by atoms with Gasteiger partial charge in [0.05, 0.1) is 18.8 Å². The summed E-state index contributed by atoms with van der Waals surface area (Å²) in [5, 5.41) is 2.84. The molecule has 0 aliphatic carbocycles. The predicted molar refractivity (Wildman–Crippen MR) is 126 cm³/mol. The number of amides is 2. The molecule has 1 atom stereocenters. The molecule has 158 valence electrons. The summed E-state index contributed by atoms with van der Waals surface area (Å²) in [5.74, 6) is 1.26. The number of thioether (sulfide) groups is 1. The highest BCUT2D eigenvalue weighted by atomic mass is 32.2. The SMILES string of the molecule is CCOc1ccc(N2C(=O)CS[C@@H]2c2ccc(NC(=O)Cc3ccccc3)cc2)cc1. The normalized spacial score (nSPS) is 15.7. The Morgan fingerprint density at radius 2 is 1.74 bits per heavy atom. The van der Waals surface area contributed by atoms with Crippen molar-refractivity contribution in [1.82, 2.24) is 0 Å². The van der Waals surface area contributed by atoms with Crippen molar-refractivity contribution in [2.75, 3.05) is 22.6 Å². The Bertz CT molecular complexity index is 1040. The van der Waals surface area contributed by atoms with E-state index in [1.54, 1.807) is 11.8 Å². The molecule has 0 bridgehead atoms. The fourth-order valence-electron chi connectivity index (χ4n) is 3.54. The first-order valence-corrected chi connectivity index (χ1v) is 11.3. The van der Waals surface area contributed by atoms with Crippen molar-refractivity contribution in [3.63, 3.8) is 0 Å². The molecule has 4 rings (SSSR count). The Morgan fingerprint density at radius 3 is 2.42 bits per heavy atom. The molecule has 0 radical (unpaired) electrons. The molecule has 0 saturated carbocycles. The van der Waals surface area contributed by atoms with E-state index in [-0.39, 0.29) is 17.2 Å². The fourth-order valence-corrected chi connectivity index (χ4v) is 4.71. The lowest BCUT2D eigenvalue weighted by Crippen LogP contribution is -2.27. The number of hydrogen-bond donors (Lipinski definition) is 1. The summed E-state index contributed by atoms with van der Waals surface area (Å²) in [4.78, 5) is 26.7. The maximum Gasteiger partial charge on any atom is 0.238 e. The Morgan fingerprint density at radius 1 is 1.03 bits per heavy atom. The van der Waals surface area contributed by atoms with Crippen LogP contribution in [0.3, 0.4) is 0 Å². The van der Waals surface area contributed by atoms with Gasteiger partial charge in [-0.25, -0.2) is 0 Å². The molecular formula is C25H24N2O3S. The van der Waals surface area contributed by atoms with Crippen LogP contribution in [0.1, 0.15) is 23.4 Å². The molecule has 1 heterocycles. The van der Waals surface area contributed by atoms with Crippen LogP contribution in [0.15, 0.2) is 78.9 Å². The first kappa shape index (κ1) is 21.0. The lowest BCUT2D eigenvalue weighted by molar-refractivity contribution is -0.116. The van der Waals surface area contributed by atoms with Crippen molar-refractivity contribution in [1.29, 1.82) is 0 Å². The third kappa shape index (κ3) is 5.09. The summed E-state index contributed by atoms with van der Waals surface area (Å²) in [7, 11) is 0. The van der Waals surface area contributed by atoms with E-state index >= 15 is 0 Å². The number of anilines is 2. The molecule has 6 heteroatoms. The van der Waals surface area contributed by atoms with E-state index in [1.165, 1.54) is 0 Å². The zero-order valence-corrected chi connectivity index (χ0v) is 18.1. The van der Waals surface area contributed by atoms with Gasteiger partial charge < -0.3 is 10.1 Å². The average Bonchev–Trinajstić information content (AvgIpc) is 3.17. The Labute approximate surface area is 186 Å². The van der Waals surface area contributed by atoms with Crippen molar-refractivity contribution < 1.29 is 14.3 Å². The van der Waals surface area contributed by atoms with E-state index in [4.69, 9.17) is 4.74 Å². The second kappa shape index (κ2) is 9.71. The summed E-state index contributed by atoms with van der Waals surface area (Å²) in [6.07, 6.45) is 0.334. The van der Waals surface area contributed by atoms with Crippen LogP contribution in [-0.2, 0) is 16.0 Å². The topological polar surface area (TPSA) is 58.6 Å². The van der Waals surface area contributed by atoms with E-state index < -0.39 is 0 Å². The van der Waals surface area contributed by atoms with E-state index in [0.717, 1.165) is 28.3 Å². The van der Waals surface area contributed by atoms with Gasteiger partial charge in [-0.05, 0) is 54.4 Å². The van der Waals surface area contributed by atoms with Gasteiger partial charge in [-0.1, -0.05) is 42.5 Å². The van der Waals surface area contributed by atoms with E-state index in [9.17, 15) is 9.59 Å². The number of rotatable bonds is 7. The second-order valence-electron chi connectivity index (χ2n) is 7.19. The van der Waals surface area contributed by atoms with Crippen LogP contribution in [0.4, 0.5) is 11.4 Å². The van der Waals surface area contributed by atoms with Gasteiger partial charge in [0.1, 0.15) is 11.1 Å². The van der Waals surface area contributed by atoms with Crippen LogP contribution < -0.4 is 15.0 Å². The lowest BCUT2D eigenvalue weighted by atomic mass is 10.1. The monoisotopic (exact) mass is 432 g/mol. The smallest absolute Gasteiger partial charge is 0.238 e. The lowest BCUT2D eigenvalue weighted by Gasteiger charge is -2.24. The number of nitrogens with zero attached hydrogens (tertiary/aromatic N) is 1. The molecule has 0 aromatic heterocycles. The van der Waals surface area contributed by atoms with Crippen molar-refractivity contribution in [2.45, 2.75) is 18.7 Å². The summed E-state index contributed by atoms with van der Waals surface area (Å²) in [6.45, 7) is 2.55. The molecular weight excluding hydrogens is 408 g/mol. The van der Waals surface area contributed by atoms with Gasteiger partial charge in [-0.3, -0.25) is 14.5 Å². The molecule has 3 aromatic rings. The Balaban J connectivity index is 1.44. The summed E-state index contributed by atoms with van der Waals surface area (Å²) < 4.78 is 5.50. The first-order valence-electron chi connectivity index (χ1n) is 10.2. The number of hydrogen-bond acceptors (Lipinski definition) is 4. The largest absolute Gasteiger partial charge is 0.494 e. The first-order chi connectivity index (χ1) is 15.1. The van der Waals surface area contributed by atoms with Crippen LogP contribution in [0.2, 0.25) is 0 Å². The van der Waals surface area contributed by atoms with Gasteiger partial charge in [0, 0.05) is 11.4 Å². The van der Waals surface area contributed by atoms with E-state index in [2.05, 4.69) is 5.32 Å². The molecule has 1 aliphatic heterocycles. The molecule has 3 aromatic carbocycles. The van der Waals surface area contributed by atoms with Gasteiger partial charge >= 0.3 is 0 Å². The number of carbonyl (C=O) groups is 2. The third-order valence-electron chi connectivity index (χ3n) is 4.98. The minimum atomic E-state index is -0.0977. The van der Waals surface area contributed by atoms with E-state index in [1.807, 2.05) is 90.7 Å². The van der Waals surface area contributed by atoms with Crippen LogP contribution in [0.25, 0.3) is 0 Å². The number of nitrogens with one attached hydrogen (secondary N) is 1. The molecule has 0 unspecified atom stereocenters. The molecule has 2 amide bonds. The third-order valence-corrected chi connectivity index (χ3v) is 6.19. The number of benzene rings is 3. The molecule has 5 nitrogen and oxygen atoms in total. The summed E-state index contributed by atoms with van der Waals surface area (Å²) in [6, 6.07) is 25.0. The van der Waals surface area contributed by atoms with Gasteiger partial charge in [0.2, 0.25) is 11.8 Å². The Hall–Kier alpha value is -3.25. The molecule has 1 fully saturated rings. The maximum atomic E-state index is 12.6. The van der Waals surface area contributed by atoms with Crippen molar-refractivity contribution in [3.8, 4) is 5.75 Å². The highest BCUT2D eigenvalue weighted by Gasteiger charge is 2.34. The second-order valence-corrected chi connectivity index (χ2v) is 8.26. The van der Waals surface area contributed by atoms with Crippen LogP contribution in [0.5, 0.6) is 5.75 Å². The highest BCUT2D eigenvalue weighted by Crippen LogP contribution is 2.42. The van der Waals surface area contributed by atoms with Crippen molar-refractivity contribution in [2.24, 2.45) is 0 Å². The minimum Gasteiger partial charge on any atom is -0.494 e. The Kier molecular flexibility index (Phi) is 6.57. The summed E-state index contributed by atoms with van der Waals surface area (Å²) >= 11 is 1.60. The molecule has 1 N–H and O–H groups in total. The van der Waals surface area contributed by atoms with Crippen LogP contribution in [0, 0.1) is 0 Å². The predicted octanol–water partition coefficient (Wildman–Crippen LogP) is 5.05. The number of carbonyl (C=O) groups excluding carboxylic acids is 2. The van der Waals surface area contributed by atoms with Crippen LogP contribution >= 0.6 is 11.8 Å². The quantitative estimate of drug-likeness (QED) is 0.568.